The summed E-state index contributed by atoms with van der Waals surface area (Å²) in [7, 11) is 0. The van der Waals surface area contributed by atoms with Crippen molar-refractivity contribution in [2.75, 3.05) is 0 Å². The predicted molar refractivity (Wildman–Crippen MR) is 137 cm³/mol. The molecule has 0 aliphatic heterocycles. The van der Waals surface area contributed by atoms with Crippen molar-refractivity contribution >= 4 is 54.0 Å². The quantitative estimate of drug-likeness (QED) is 0.249. The molecule has 0 spiro atoms. The van der Waals surface area contributed by atoms with E-state index in [0.29, 0.717) is 0 Å². The van der Waals surface area contributed by atoms with Gasteiger partial charge in [-0.2, -0.15) is 0 Å². The summed E-state index contributed by atoms with van der Waals surface area (Å²) < 4.78 is 0. The van der Waals surface area contributed by atoms with Gasteiger partial charge in [-0.15, -0.1) is 0 Å². The Bertz CT molecular complexity index is 1730. The Hall–Kier alpha value is -4.23. The molecule has 0 aliphatic rings. The van der Waals surface area contributed by atoms with E-state index in [9.17, 15) is 0 Å². The maximum atomic E-state index is 5.11. The van der Waals surface area contributed by atoms with Crippen LogP contribution < -0.4 is 0 Å². The van der Waals surface area contributed by atoms with Crippen LogP contribution in [-0.4, -0.2) is 4.98 Å². The molecule has 0 unspecified atom stereocenters. The highest BCUT2D eigenvalue weighted by Gasteiger charge is 2.14. The Morgan fingerprint density at radius 2 is 0.844 bits per heavy atom. The third-order valence-corrected chi connectivity index (χ3v) is 6.54. The lowest BCUT2D eigenvalue weighted by molar-refractivity contribution is 1.42. The second-order valence-corrected chi connectivity index (χ2v) is 8.48. The van der Waals surface area contributed by atoms with E-state index in [1.54, 1.807) is 0 Å². The zero-order valence-electron chi connectivity index (χ0n) is 17.4. The van der Waals surface area contributed by atoms with E-state index in [1.807, 2.05) is 0 Å². The Labute approximate surface area is 185 Å². The molecule has 0 amide bonds. The molecule has 32 heavy (non-hydrogen) atoms. The zero-order chi connectivity index (χ0) is 21.1. The maximum absolute atomic E-state index is 5.11. The van der Waals surface area contributed by atoms with Gasteiger partial charge in [-0.1, -0.05) is 72.8 Å². The molecule has 0 saturated heterocycles. The summed E-state index contributed by atoms with van der Waals surface area (Å²) in [4.78, 5) is 5.11. The molecule has 1 aromatic heterocycles. The van der Waals surface area contributed by atoms with Gasteiger partial charge in [0.2, 0.25) is 0 Å². The Morgan fingerprint density at radius 3 is 1.44 bits per heavy atom. The van der Waals surface area contributed by atoms with Gasteiger partial charge in [0.1, 0.15) is 0 Å². The lowest BCUT2D eigenvalue weighted by atomic mass is 9.91. The fourth-order valence-corrected chi connectivity index (χ4v) is 4.98. The Kier molecular flexibility index (Phi) is 3.62. The summed E-state index contributed by atoms with van der Waals surface area (Å²) in [6, 6.07) is 41.5. The van der Waals surface area contributed by atoms with Gasteiger partial charge in [0, 0.05) is 10.9 Å². The topological polar surface area (TPSA) is 12.9 Å². The molecule has 0 saturated carbocycles. The summed E-state index contributed by atoms with van der Waals surface area (Å²) in [5, 5.41) is 11.2. The van der Waals surface area contributed by atoms with E-state index >= 15 is 0 Å². The molecule has 1 nitrogen and oxygen atoms in total. The fraction of sp³-hybridized carbons (Fsp3) is 0. The van der Waals surface area contributed by atoms with E-state index < -0.39 is 0 Å². The lowest BCUT2D eigenvalue weighted by Crippen LogP contribution is -1.90. The van der Waals surface area contributed by atoms with Crippen molar-refractivity contribution in [1.82, 2.24) is 4.98 Å². The van der Waals surface area contributed by atoms with Crippen molar-refractivity contribution in [3.63, 3.8) is 0 Å². The predicted octanol–water partition coefficient (Wildman–Crippen LogP) is 8.51. The van der Waals surface area contributed by atoms with Crippen LogP contribution in [0, 0.1) is 0 Å². The maximum Gasteiger partial charge on any atom is 0.0722 e. The number of fused-ring (bicyclic) bond motifs is 5. The molecule has 0 fully saturated rings. The Morgan fingerprint density at radius 1 is 0.375 bits per heavy atom. The van der Waals surface area contributed by atoms with Crippen LogP contribution in [0.2, 0.25) is 0 Å². The third kappa shape index (κ3) is 2.61. The van der Waals surface area contributed by atoms with Crippen LogP contribution in [0.1, 0.15) is 0 Å². The first kappa shape index (κ1) is 17.5. The number of benzene rings is 6. The van der Waals surface area contributed by atoms with Crippen molar-refractivity contribution in [1.29, 1.82) is 0 Å². The molecule has 148 valence electrons. The van der Waals surface area contributed by atoms with Gasteiger partial charge in [0.15, 0.2) is 0 Å². The van der Waals surface area contributed by atoms with Gasteiger partial charge in [-0.25, -0.2) is 4.98 Å². The first-order valence-corrected chi connectivity index (χ1v) is 11.0. The highest BCUT2D eigenvalue weighted by molar-refractivity contribution is 6.17. The monoisotopic (exact) mass is 405 g/mol. The summed E-state index contributed by atoms with van der Waals surface area (Å²) >= 11 is 0. The highest BCUT2D eigenvalue weighted by Crippen LogP contribution is 2.39. The smallest absolute Gasteiger partial charge is 0.0722 e. The zero-order valence-corrected chi connectivity index (χ0v) is 17.4. The molecule has 0 N–H and O–H groups in total. The standard InChI is InChI=1S/C31H19N/c1-3-10-23-18-27-25(15-21(23)8-1)17-26-16-22-9-2-4-11-24(22)19-28(26)31(27)30-14-13-20-7-5-6-12-29(20)32-30/h1-19H. The van der Waals surface area contributed by atoms with Crippen molar-refractivity contribution < 1.29 is 0 Å². The van der Waals surface area contributed by atoms with Gasteiger partial charge in [-0.3, -0.25) is 0 Å². The van der Waals surface area contributed by atoms with Gasteiger partial charge in [-0.05, 0) is 85.6 Å². The molecular weight excluding hydrogens is 386 g/mol. The second kappa shape index (κ2) is 6.63. The van der Waals surface area contributed by atoms with Crippen molar-refractivity contribution in [2.24, 2.45) is 0 Å². The number of para-hydroxylation sites is 1. The van der Waals surface area contributed by atoms with Gasteiger partial charge >= 0.3 is 0 Å². The average molecular weight is 406 g/mol. The minimum atomic E-state index is 1.02. The van der Waals surface area contributed by atoms with Gasteiger partial charge < -0.3 is 0 Å². The van der Waals surface area contributed by atoms with Crippen molar-refractivity contribution in [3.8, 4) is 11.3 Å². The average Bonchev–Trinajstić information content (AvgIpc) is 2.84. The van der Waals surface area contributed by atoms with Crippen molar-refractivity contribution in [3.05, 3.63) is 115 Å². The molecule has 7 rings (SSSR count). The van der Waals surface area contributed by atoms with Crippen LogP contribution in [0.25, 0.3) is 65.3 Å². The largest absolute Gasteiger partial charge is 0.248 e. The number of hydrogen-bond donors (Lipinski definition) is 0. The van der Waals surface area contributed by atoms with Crippen LogP contribution >= 0.6 is 0 Å². The van der Waals surface area contributed by atoms with Crippen LogP contribution in [0.5, 0.6) is 0 Å². The summed E-state index contributed by atoms with van der Waals surface area (Å²) in [5.74, 6) is 0. The number of hydrogen-bond acceptors (Lipinski definition) is 1. The summed E-state index contributed by atoms with van der Waals surface area (Å²) in [6.45, 7) is 0. The van der Waals surface area contributed by atoms with Gasteiger partial charge in [0.05, 0.1) is 11.2 Å². The van der Waals surface area contributed by atoms with E-state index in [0.717, 1.165) is 16.6 Å². The van der Waals surface area contributed by atoms with Crippen LogP contribution in [-0.2, 0) is 0 Å². The van der Waals surface area contributed by atoms with Gasteiger partial charge in [0.25, 0.3) is 0 Å². The number of rotatable bonds is 1. The molecule has 0 radical (unpaired) electrons. The number of nitrogens with zero attached hydrogens (tertiary/aromatic N) is 1. The Balaban J connectivity index is 1.68. The van der Waals surface area contributed by atoms with E-state index in [2.05, 4.69) is 115 Å². The van der Waals surface area contributed by atoms with Crippen LogP contribution in [0.15, 0.2) is 115 Å². The highest BCUT2D eigenvalue weighted by atomic mass is 14.7. The van der Waals surface area contributed by atoms with Crippen LogP contribution in [0.3, 0.4) is 0 Å². The number of aromatic nitrogens is 1. The minimum absolute atomic E-state index is 1.02. The fourth-order valence-electron chi connectivity index (χ4n) is 4.98. The molecule has 6 aromatic carbocycles. The minimum Gasteiger partial charge on any atom is -0.248 e. The van der Waals surface area contributed by atoms with Crippen molar-refractivity contribution in [2.45, 2.75) is 0 Å². The first-order chi connectivity index (χ1) is 15.8. The second-order valence-electron chi connectivity index (χ2n) is 8.48. The van der Waals surface area contributed by atoms with E-state index in [-0.39, 0.29) is 0 Å². The number of pyridine rings is 1. The van der Waals surface area contributed by atoms with E-state index in [4.69, 9.17) is 4.98 Å². The van der Waals surface area contributed by atoms with E-state index in [1.165, 1.54) is 48.7 Å². The summed E-state index contributed by atoms with van der Waals surface area (Å²) in [5.41, 5.74) is 3.25. The lowest BCUT2D eigenvalue weighted by Gasteiger charge is -2.14. The molecule has 0 atom stereocenters. The third-order valence-electron chi connectivity index (χ3n) is 6.54. The molecule has 0 aliphatic carbocycles. The molecule has 7 aromatic rings. The molecular formula is C31H19N. The molecule has 1 heteroatoms. The SMILES string of the molecule is c1ccc2cc3c(-c4ccc5ccccc5n4)c4cc5ccccc5cc4cc3cc2c1. The molecule has 0 bridgehead atoms. The molecule has 1 heterocycles. The van der Waals surface area contributed by atoms with Crippen LogP contribution in [0.4, 0.5) is 0 Å². The first-order valence-electron chi connectivity index (χ1n) is 11.0. The summed E-state index contributed by atoms with van der Waals surface area (Å²) in [6.07, 6.45) is 0. The normalized spacial score (nSPS) is 11.8.